The normalized spacial score (nSPS) is 47.9. The second-order valence-corrected chi connectivity index (χ2v) is 13.9. The van der Waals surface area contributed by atoms with Crippen molar-refractivity contribution >= 4 is 0 Å². The van der Waals surface area contributed by atoms with E-state index in [1.54, 1.807) is 5.57 Å². The summed E-state index contributed by atoms with van der Waals surface area (Å²) in [6.45, 7) is 13.4. The molecular formula is C32H54O2. The number of ether oxygens (including phenoxy) is 2. The third-order valence-corrected chi connectivity index (χ3v) is 11.5. The Kier molecular flexibility index (Phi) is 7.20. The molecule has 0 bridgehead atoms. The molecular weight excluding hydrogens is 416 g/mol. The van der Waals surface area contributed by atoms with Gasteiger partial charge < -0.3 is 9.47 Å². The van der Waals surface area contributed by atoms with Crippen LogP contribution in [0.3, 0.4) is 0 Å². The van der Waals surface area contributed by atoms with Crippen molar-refractivity contribution in [2.75, 3.05) is 6.61 Å². The summed E-state index contributed by atoms with van der Waals surface area (Å²) in [7, 11) is 0. The van der Waals surface area contributed by atoms with Gasteiger partial charge in [-0.1, -0.05) is 65.5 Å². The molecule has 0 aromatic rings. The molecule has 1 unspecified atom stereocenters. The highest BCUT2D eigenvalue weighted by molar-refractivity contribution is 5.25. The molecule has 0 radical (unpaired) electrons. The zero-order chi connectivity index (χ0) is 24.8. The summed E-state index contributed by atoms with van der Waals surface area (Å²) >= 11 is 0. The third-order valence-electron chi connectivity index (χ3n) is 11.5. The molecule has 0 amide bonds. The first-order chi connectivity index (χ1) is 16.7. The minimum absolute atomic E-state index is 0.0189. The van der Waals surface area contributed by atoms with Crippen LogP contribution in [-0.4, -0.2) is 19.0 Å². The summed E-state index contributed by atoms with van der Waals surface area (Å²) in [5, 5.41) is 0. The van der Waals surface area contributed by atoms with Crippen molar-refractivity contribution in [3.63, 3.8) is 0 Å². The smallest absolute Gasteiger partial charge is 0.157 e. The van der Waals surface area contributed by atoms with Crippen LogP contribution in [-0.2, 0) is 9.47 Å². The van der Waals surface area contributed by atoms with E-state index in [1.165, 1.54) is 57.8 Å². The van der Waals surface area contributed by atoms with E-state index >= 15 is 0 Å². The van der Waals surface area contributed by atoms with E-state index in [9.17, 15) is 0 Å². The van der Waals surface area contributed by atoms with Crippen LogP contribution in [0.1, 0.15) is 126 Å². The van der Waals surface area contributed by atoms with Gasteiger partial charge >= 0.3 is 0 Å². The summed E-state index contributed by atoms with van der Waals surface area (Å²) in [6.07, 6.45) is 19.0. The molecule has 1 aliphatic heterocycles. The Morgan fingerprint density at radius 3 is 2.68 bits per heavy atom. The predicted molar refractivity (Wildman–Crippen MR) is 142 cm³/mol. The molecule has 10 atom stereocenters. The molecule has 3 saturated carbocycles. The molecule has 0 aromatic carbocycles. The molecule has 1 heterocycles. The van der Waals surface area contributed by atoms with Gasteiger partial charge in [-0.05, 0) is 117 Å². The van der Waals surface area contributed by atoms with Crippen LogP contribution in [0.2, 0.25) is 0 Å². The van der Waals surface area contributed by atoms with Crippen LogP contribution in [0.15, 0.2) is 11.6 Å². The van der Waals surface area contributed by atoms with E-state index in [0.717, 1.165) is 67.8 Å². The fraction of sp³-hybridized carbons (Fsp3) is 0.938. The first kappa shape index (κ1) is 24.0. The topological polar surface area (TPSA) is 18.5 Å². The molecule has 5 rings (SSSR count). The first-order valence-corrected chi connectivity index (χ1v) is 15.1. The molecule has 5 aliphatic rings. The minimum atomic E-state index is -0.118. The van der Waals surface area contributed by atoms with Crippen LogP contribution in [0.4, 0.5) is 0 Å². The SMILES string of the molecule is [2H][C@@H]1C[C@@]2(C)C(=CC[C@H]3[C@@H]4CC[C@H]([C@H](C)CCCC(C)C)[C@@]4(C)CC[C@@H]32)C[C@H]1OC1CCCCO1. The molecule has 4 aliphatic carbocycles. The fourth-order valence-corrected chi connectivity index (χ4v) is 9.57. The highest BCUT2D eigenvalue weighted by Gasteiger charge is 2.59. The standard InChI is InChI=1S/C32H54O2/c1-22(2)9-8-10-23(3)27-14-15-28-26-13-12-24-21-25(34-30-11-6-7-20-33-30)16-18-31(24,4)29(26)17-19-32(27,28)5/h12,22-23,25-30H,6-11,13-21H2,1-5H3/t23-,25+,26+,27-,28+,29+,30?,31+,32-/m1/s1/i16D/t16-,23-,25+,26+,27-,28+,29+,30?,31+,32-. The minimum Gasteiger partial charge on any atom is -0.353 e. The monoisotopic (exact) mass is 471 g/mol. The van der Waals surface area contributed by atoms with E-state index in [4.69, 9.17) is 10.8 Å². The predicted octanol–water partition coefficient (Wildman–Crippen LogP) is 8.94. The average molecular weight is 472 g/mol. The molecule has 194 valence electrons. The van der Waals surface area contributed by atoms with Gasteiger partial charge in [0.2, 0.25) is 0 Å². The molecule has 2 nitrogen and oxygen atoms in total. The van der Waals surface area contributed by atoms with Crippen molar-refractivity contribution in [3.8, 4) is 0 Å². The molecule has 0 spiro atoms. The van der Waals surface area contributed by atoms with Crippen LogP contribution in [0.25, 0.3) is 0 Å². The van der Waals surface area contributed by atoms with Crippen LogP contribution >= 0.6 is 0 Å². The van der Waals surface area contributed by atoms with Crippen molar-refractivity contribution < 1.29 is 10.8 Å². The molecule has 1 saturated heterocycles. The zero-order valence-corrected chi connectivity index (χ0v) is 23.0. The van der Waals surface area contributed by atoms with Crippen LogP contribution in [0, 0.1) is 46.3 Å². The van der Waals surface area contributed by atoms with Gasteiger partial charge in [-0.25, -0.2) is 0 Å². The van der Waals surface area contributed by atoms with E-state index in [-0.39, 0.29) is 24.2 Å². The van der Waals surface area contributed by atoms with Gasteiger partial charge in [-0.2, -0.15) is 0 Å². The second kappa shape index (κ2) is 10.2. The quantitative estimate of drug-likeness (QED) is 0.345. The van der Waals surface area contributed by atoms with E-state index in [1.807, 2.05) is 0 Å². The third kappa shape index (κ3) is 4.69. The largest absolute Gasteiger partial charge is 0.353 e. The second-order valence-electron chi connectivity index (χ2n) is 13.9. The van der Waals surface area contributed by atoms with Crippen LogP contribution < -0.4 is 0 Å². The highest BCUT2D eigenvalue weighted by Crippen LogP contribution is 2.67. The van der Waals surface area contributed by atoms with Gasteiger partial charge in [-0.15, -0.1) is 0 Å². The van der Waals surface area contributed by atoms with Crippen molar-refractivity contribution in [2.24, 2.45) is 46.3 Å². The Morgan fingerprint density at radius 1 is 1.06 bits per heavy atom. The number of allylic oxidation sites excluding steroid dienone is 1. The maximum absolute atomic E-state index is 9.06. The Hall–Kier alpha value is -0.340. The number of rotatable bonds is 7. The number of hydrogen-bond acceptors (Lipinski definition) is 2. The lowest BCUT2D eigenvalue weighted by Crippen LogP contribution is -2.51. The first-order valence-electron chi connectivity index (χ1n) is 15.7. The Morgan fingerprint density at radius 2 is 1.91 bits per heavy atom. The van der Waals surface area contributed by atoms with Gasteiger partial charge in [0.25, 0.3) is 0 Å². The van der Waals surface area contributed by atoms with Gasteiger partial charge in [0.1, 0.15) is 0 Å². The van der Waals surface area contributed by atoms with E-state index in [0.29, 0.717) is 5.41 Å². The van der Waals surface area contributed by atoms with Gasteiger partial charge in [0.05, 0.1) is 6.10 Å². The Labute approximate surface area is 212 Å². The zero-order valence-electron chi connectivity index (χ0n) is 24.0. The summed E-state index contributed by atoms with van der Waals surface area (Å²) in [6, 6.07) is 0. The summed E-state index contributed by atoms with van der Waals surface area (Å²) < 4.78 is 21.3. The summed E-state index contributed by atoms with van der Waals surface area (Å²) in [4.78, 5) is 0. The van der Waals surface area contributed by atoms with Crippen molar-refractivity contribution in [2.45, 2.75) is 137 Å². The lowest BCUT2D eigenvalue weighted by molar-refractivity contribution is -0.195. The number of hydrogen-bond donors (Lipinski definition) is 0. The van der Waals surface area contributed by atoms with Crippen LogP contribution in [0.5, 0.6) is 0 Å². The lowest BCUT2D eigenvalue weighted by Gasteiger charge is -2.58. The van der Waals surface area contributed by atoms with Crippen molar-refractivity contribution in [3.05, 3.63) is 11.6 Å². The highest BCUT2D eigenvalue weighted by atomic mass is 16.7. The molecule has 4 fully saturated rings. The lowest BCUT2D eigenvalue weighted by atomic mass is 9.47. The van der Waals surface area contributed by atoms with Gasteiger partial charge in [0, 0.05) is 7.98 Å². The molecule has 2 heteroatoms. The Balaban J connectivity index is 1.27. The molecule has 0 aromatic heterocycles. The van der Waals surface area contributed by atoms with E-state index < -0.39 is 0 Å². The average Bonchev–Trinajstić information content (AvgIpc) is 3.17. The number of fused-ring (bicyclic) bond motifs is 5. The van der Waals surface area contributed by atoms with Crippen molar-refractivity contribution in [1.29, 1.82) is 0 Å². The fourth-order valence-electron chi connectivity index (χ4n) is 9.57. The maximum atomic E-state index is 9.06. The maximum Gasteiger partial charge on any atom is 0.157 e. The summed E-state index contributed by atoms with van der Waals surface area (Å²) in [5.74, 6) is 5.13. The molecule has 0 N–H and O–H groups in total. The molecule has 34 heavy (non-hydrogen) atoms. The van der Waals surface area contributed by atoms with Gasteiger partial charge in [-0.3, -0.25) is 0 Å². The Bertz CT molecular complexity index is 757. The van der Waals surface area contributed by atoms with Crippen molar-refractivity contribution in [1.82, 2.24) is 0 Å². The van der Waals surface area contributed by atoms with E-state index in [2.05, 4.69) is 40.7 Å². The summed E-state index contributed by atoms with van der Waals surface area (Å²) in [5.41, 5.74) is 2.38. The van der Waals surface area contributed by atoms with Gasteiger partial charge in [0.15, 0.2) is 6.29 Å².